The average molecular weight is 263 g/mol. The number of nitrogens with zero attached hydrogens (tertiary/aromatic N) is 2. The lowest BCUT2D eigenvalue weighted by Crippen LogP contribution is -2.25. The predicted molar refractivity (Wildman–Crippen MR) is 77.4 cm³/mol. The zero-order chi connectivity index (χ0) is 14.0. The lowest BCUT2D eigenvalue weighted by atomic mass is 9.85. The summed E-state index contributed by atoms with van der Waals surface area (Å²) >= 11 is 0. The molecule has 2 rings (SSSR count). The van der Waals surface area contributed by atoms with E-state index in [1.165, 1.54) is 12.5 Å². The van der Waals surface area contributed by atoms with Crippen molar-refractivity contribution in [3.63, 3.8) is 0 Å². The average Bonchev–Trinajstić information content (AvgIpc) is 2.49. The summed E-state index contributed by atoms with van der Waals surface area (Å²) in [5.41, 5.74) is 7.50. The van der Waals surface area contributed by atoms with E-state index >= 15 is 0 Å². The van der Waals surface area contributed by atoms with Gasteiger partial charge in [-0.3, -0.25) is 10.1 Å². The van der Waals surface area contributed by atoms with E-state index in [-0.39, 0.29) is 10.6 Å². The molecule has 19 heavy (non-hydrogen) atoms. The number of hydrogen-bond acceptors (Lipinski definition) is 4. The minimum Gasteiger partial charge on any atom is -0.398 e. The van der Waals surface area contributed by atoms with E-state index in [1.54, 1.807) is 6.07 Å². The van der Waals surface area contributed by atoms with Crippen LogP contribution < -0.4 is 10.6 Å². The first-order chi connectivity index (χ1) is 8.87. The maximum Gasteiger partial charge on any atom is 0.273 e. The Kier molecular flexibility index (Phi) is 3.64. The second-order valence-electron chi connectivity index (χ2n) is 6.04. The highest BCUT2D eigenvalue weighted by Gasteiger charge is 2.24. The fraction of sp³-hybridized carbons (Fsp3) is 0.571. The number of anilines is 2. The Morgan fingerprint density at radius 3 is 2.68 bits per heavy atom. The molecule has 0 aliphatic carbocycles. The predicted octanol–water partition coefficient (Wildman–Crippen LogP) is 3.19. The summed E-state index contributed by atoms with van der Waals surface area (Å²) in [6.45, 7) is 6.41. The number of benzene rings is 1. The van der Waals surface area contributed by atoms with Crippen molar-refractivity contribution in [1.29, 1.82) is 0 Å². The normalized spacial score (nSPS) is 18.9. The van der Waals surface area contributed by atoms with E-state index < -0.39 is 0 Å². The Hall–Kier alpha value is -1.78. The van der Waals surface area contributed by atoms with Gasteiger partial charge in [-0.1, -0.05) is 13.8 Å². The highest BCUT2D eigenvalue weighted by atomic mass is 16.6. The molecule has 0 aromatic heterocycles. The van der Waals surface area contributed by atoms with Crippen LogP contribution in [0.3, 0.4) is 0 Å². The van der Waals surface area contributed by atoms with Gasteiger partial charge in [0.25, 0.3) is 5.69 Å². The van der Waals surface area contributed by atoms with Crippen LogP contribution in [0.2, 0.25) is 0 Å². The number of nitro benzene ring substituents is 1. The van der Waals surface area contributed by atoms with Crippen molar-refractivity contribution in [2.24, 2.45) is 5.41 Å². The molecule has 1 aromatic rings. The molecule has 1 fully saturated rings. The maximum absolute atomic E-state index is 10.9. The zero-order valence-corrected chi connectivity index (χ0v) is 11.6. The summed E-state index contributed by atoms with van der Waals surface area (Å²) < 4.78 is 0. The molecule has 2 N–H and O–H groups in total. The molecule has 0 saturated carbocycles. The van der Waals surface area contributed by atoms with Crippen LogP contribution in [0.1, 0.15) is 33.1 Å². The molecule has 0 atom stereocenters. The van der Waals surface area contributed by atoms with E-state index in [4.69, 9.17) is 5.73 Å². The van der Waals surface area contributed by atoms with Crippen molar-refractivity contribution in [2.45, 2.75) is 33.1 Å². The maximum atomic E-state index is 10.9. The summed E-state index contributed by atoms with van der Waals surface area (Å²) in [7, 11) is 0. The molecule has 0 radical (unpaired) electrons. The summed E-state index contributed by atoms with van der Waals surface area (Å²) in [4.78, 5) is 12.7. The monoisotopic (exact) mass is 263 g/mol. The smallest absolute Gasteiger partial charge is 0.273 e. The van der Waals surface area contributed by atoms with Crippen molar-refractivity contribution >= 4 is 17.1 Å². The Balaban J connectivity index is 2.24. The third-order valence-corrected chi connectivity index (χ3v) is 3.84. The Morgan fingerprint density at radius 2 is 2.00 bits per heavy atom. The van der Waals surface area contributed by atoms with Gasteiger partial charge in [-0.2, -0.15) is 0 Å². The fourth-order valence-corrected chi connectivity index (χ4v) is 2.59. The van der Waals surface area contributed by atoms with Crippen molar-refractivity contribution in [3.8, 4) is 0 Å². The zero-order valence-electron chi connectivity index (χ0n) is 11.6. The second kappa shape index (κ2) is 5.07. The van der Waals surface area contributed by atoms with Crippen LogP contribution in [-0.4, -0.2) is 18.0 Å². The van der Waals surface area contributed by atoms with Gasteiger partial charge in [0.05, 0.1) is 4.92 Å². The van der Waals surface area contributed by atoms with Gasteiger partial charge in [-0.15, -0.1) is 0 Å². The molecule has 0 spiro atoms. The molecular formula is C14H21N3O2. The van der Waals surface area contributed by atoms with Gasteiger partial charge >= 0.3 is 0 Å². The van der Waals surface area contributed by atoms with E-state index in [0.717, 1.165) is 31.6 Å². The van der Waals surface area contributed by atoms with E-state index in [9.17, 15) is 10.1 Å². The number of nitrogens with two attached hydrogens (primary N) is 1. The second-order valence-corrected chi connectivity index (χ2v) is 6.04. The highest BCUT2D eigenvalue weighted by Crippen LogP contribution is 2.33. The molecule has 5 heteroatoms. The minimum absolute atomic E-state index is 0.0681. The van der Waals surface area contributed by atoms with Crippen LogP contribution in [0, 0.1) is 15.5 Å². The van der Waals surface area contributed by atoms with Crippen LogP contribution in [-0.2, 0) is 0 Å². The molecular weight excluding hydrogens is 242 g/mol. The van der Waals surface area contributed by atoms with Crippen LogP contribution >= 0.6 is 0 Å². The quantitative estimate of drug-likeness (QED) is 0.505. The molecule has 0 bridgehead atoms. The van der Waals surface area contributed by atoms with Gasteiger partial charge < -0.3 is 10.6 Å². The van der Waals surface area contributed by atoms with Gasteiger partial charge in [-0.05, 0) is 30.7 Å². The van der Waals surface area contributed by atoms with Gasteiger partial charge in [-0.25, -0.2) is 0 Å². The largest absolute Gasteiger partial charge is 0.398 e. The first-order valence-electron chi connectivity index (χ1n) is 6.67. The van der Waals surface area contributed by atoms with Gasteiger partial charge in [0.15, 0.2) is 0 Å². The minimum atomic E-state index is -0.387. The van der Waals surface area contributed by atoms with Crippen LogP contribution in [0.25, 0.3) is 0 Å². The fourth-order valence-electron chi connectivity index (χ4n) is 2.59. The van der Waals surface area contributed by atoms with Crippen molar-refractivity contribution in [2.75, 3.05) is 23.7 Å². The molecule has 0 unspecified atom stereocenters. The summed E-state index contributed by atoms with van der Waals surface area (Å²) in [6, 6.07) is 4.85. The first-order valence-corrected chi connectivity index (χ1v) is 6.67. The molecule has 5 nitrogen and oxygen atoms in total. The van der Waals surface area contributed by atoms with Crippen LogP contribution in [0.5, 0.6) is 0 Å². The van der Waals surface area contributed by atoms with E-state index in [1.807, 2.05) is 6.07 Å². The molecule has 1 aliphatic rings. The van der Waals surface area contributed by atoms with Crippen molar-refractivity contribution in [1.82, 2.24) is 0 Å². The van der Waals surface area contributed by atoms with E-state index in [0.29, 0.717) is 11.1 Å². The number of rotatable bonds is 2. The number of nitrogen functional groups attached to an aromatic ring is 1. The lowest BCUT2D eigenvalue weighted by Gasteiger charge is -2.25. The number of hydrogen-bond donors (Lipinski definition) is 1. The van der Waals surface area contributed by atoms with Gasteiger partial charge in [0.2, 0.25) is 0 Å². The van der Waals surface area contributed by atoms with Crippen molar-refractivity contribution < 1.29 is 4.92 Å². The summed E-state index contributed by atoms with van der Waals surface area (Å²) in [6.07, 6.45) is 3.39. The third kappa shape index (κ3) is 3.36. The summed E-state index contributed by atoms with van der Waals surface area (Å²) in [5.74, 6) is 0. The van der Waals surface area contributed by atoms with Crippen LogP contribution in [0.15, 0.2) is 18.2 Å². The highest BCUT2D eigenvalue weighted by molar-refractivity contribution is 5.62. The molecule has 0 amide bonds. The van der Waals surface area contributed by atoms with Crippen LogP contribution in [0.4, 0.5) is 17.1 Å². The Morgan fingerprint density at radius 1 is 1.26 bits per heavy atom. The number of non-ortho nitro benzene ring substituents is 1. The number of nitro groups is 1. The SMILES string of the molecule is CC1(C)CCCN(c2cc(N)cc([N+](=O)[O-])c2)CC1. The topological polar surface area (TPSA) is 72.4 Å². The van der Waals surface area contributed by atoms with E-state index in [2.05, 4.69) is 18.7 Å². The molecule has 1 heterocycles. The van der Waals surface area contributed by atoms with Gasteiger partial charge in [0, 0.05) is 36.6 Å². The molecule has 104 valence electrons. The molecule has 1 aliphatic heterocycles. The standard InChI is InChI=1S/C14H21N3O2/c1-14(2)4-3-6-16(7-5-14)12-8-11(15)9-13(10-12)17(18)19/h8-10H,3-7,15H2,1-2H3. The molecule has 1 saturated heterocycles. The van der Waals surface area contributed by atoms with Crippen molar-refractivity contribution in [3.05, 3.63) is 28.3 Å². The molecule has 1 aromatic carbocycles. The lowest BCUT2D eigenvalue weighted by molar-refractivity contribution is -0.384. The van der Waals surface area contributed by atoms with Gasteiger partial charge in [0.1, 0.15) is 0 Å². The Bertz CT molecular complexity index is 486. The third-order valence-electron chi connectivity index (χ3n) is 3.84. The summed E-state index contributed by atoms with van der Waals surface area (Å²) in [5, 5.41) is 10.9. The first kappa shape index (κ1) is 13.6. The Labute approximate surface area is 113 Å².